The Balaban J connectivity index is 2.34. The molecule has 0 fully saturated rings. The Hall–Kier alpha value is -0.830. The maximum atomic E-state index is 5.40. The van der Waals surface area contributed by atoms with Gasteiger partial charge in [0, 0.05) is 10.0 Å². The fraction of sp³-hybridized carbons (Fsp3) is 0.300. The summed E-state index contributed by atoms with van der Waals surface area (Å²) in [6, 6.07) is 6.14. The normalized spacial score (nSPS) is 13.8. The summed E-state index contributed by atoms with van der Waals surface area (Å²) in [6.07, 6.45) is 0. The molecule has 1 aliphatic rings. The van der Waals surface area contributed by atoms with Crippen LogP contribution in [0.5, 0.6) is 0 Å². The van der Waals surface area contributed by atoms with Crippen molar-refractivity contribution in [3.8, 4) is 0 Å². The summed E-state index contributed by atoms with van der Waals surface area (Å²) in [4.78, 5) is 4.31. The van der Waals surface area contributed by atoms with E-state index in [0.29, 0.717) is 6.61 Å². The SMILES string of the molecule is CCOC1=NCc2cc(Br)ccc21. The quantitative estimate of drug-likeness (QED) is 0.739. The van der Waals surface area contributed by atoms with Crippen LogP contribution in [0.2, 0.25) is 0 Å². The van der Waals surface area contributed by atoms with Crippen LogP contribution in [0.4, 0.5) is 0 Å². The Bertz CT molecular complexity index is 360. The van der Waals surface area contributed by atoms with Gasteiger partial charge in [-0.1, -0.05) is 15.9 Å². The molecule has 68 valence electrons. The highest BCUT2D eigenvalue weighted by molar-refractivity contribution is 9.10. The van der Waals surface area contributed by atoms with Gasteiger partial charge in [0.2, 0.25) is 5.90 Å². The van der Waals surface area contributed by atoms with Crippen LogP contribution in [-0.2, 0) is 11.3 Å². The second-order valence-electron chi connectivity index (χ2n) is 2.86. The minimum Gasteiger partial charge on any atom is -0.478 e. The van der Waals surface area contributed by atoms with Gasteiger partial charge in [0.05, 0.1) is 13.2 Å². The van der Waals surface area contributed by atoms with Crippen molar-refractivity contribution in [2.24, 2.45) is 4.99 Å². The zero-order chi connectivity index (χ0) is 9.26. The van der Waals surface area contributed by atoms with Gasteiger partial charge in [0.1, 0.15) is 0 Å². The van der Waals surface area contributed by atoms with Gasteiger partial charge in [0.15, 0.2) is 0 Å². The van der Waals surface area contributed by atoms with Crippen LogP contribution in [-0.4, -0.2) is 12.5 Å². The van der Waals surface area contributed by atoms with Crippen LogP contribution in [0, 0.1) is 0 Å². The molecule has 0 saturated carbocycles. The summed E-state index contributed by atoms with van der Waals surface area (Å²) in [7, 11) is 0. The van der Waals surface area contributed by atoms with E-state index in [9.17, 15) is 0 Å². The van der Waals surface area contributed by atoms with Gasteiger partial charge in [-0.3, -0.25) is 0 Å². The first-order valence-electron chi connectivity index (χ1n) is 4.27. The number of rotatable bonds is 1. The number of fused-ring (bicyclic) bond motifs is 1. The Morgan fingerprint density at radius 1 is 1.54 bits per heavy atom. The third-order valence-corrected chi connectivity index (χ3v) is 2.47. The molecule has 2 nitrogen and oxygen atoms in total. The summed E-state index contributed by atoms with van der Waals surface area (Å²) in [5.74, 6) is 0.782. The highest BCUT2D eigenvalue weighted by Gasteiger charge is 2.16. The lowest BCUT2D eigenvalue weighted by Gasteiger charge is -2.03. The second kappa shape index (κ2) is 3.50. The summed E-state index contributed by atoms with van der Waals surface area (Å²) in [5, 5.41) is 0. The Morgan fingerprint density at radius 2 is 2.38 bits per heavy atom. The maximum Gasteiger partial charge on any atom is 0.216 e. The van der Waals surface area contributed by atoms with Crippen LogP contribution >= 0.6 is 15.9 Å². The fourth-order valence-corrected chi connectivity index (χ4v) is 1.81. The molecule has 1 heterocycles. The van der Waals surface area contributed by atoms with Crippen molar-refractivity contribution < 1.29 is 4.74 Å². The molecule has 1 aromatic carbocycles. The van der Waals surface area contributed by atoms with Gasteiger partial charge in [-0.05, 0) is 30.7 Å². The molecule has 0 aromatic heterocycles. The van der Waals surface area contributed by atoms with Crippen LogP contribution in [0.15, 0.2) is 27.7 Å². The third kappa shape index (κ3) is 1.61. The average molecular weight is 240 g/mol. The molecule has 1 aliphatic heterocycles. The Labute approximate surface area is 85.8 Å². The van der Waals surface area contributed by atoms with E-state index in [2.05, 4.69) is 27.0 Å². The number of hydrogen-bond donors (Lipinski definition) is 0. The lowest BCUT2D eigenvalue weighted by molar-refractivity contribution is 0.329. The third-order valence-electron chi connectivity index (χ3n) is 1.97. The standard InChI is InChI=1S/C10H10BrNO/c1-2-13-10-9-4-3-8(11)5-7(9)6-12-10/h3-5H,2,6H2,1H3. The van der Waals surface area contributed by atoms with Gasteiger partial charge in [0.25, 0.3) is 0 Å². The number of ether oxygens (including phenoxy) is 1. The minimum absolute atomic E-state index is 0.675. The second-order valence-corrected chi connectivity index (χ2v) is 3.77. The first-order valence-corrected chi connectivity index (χ1v) is 5.06. The van der Waals surface area contributed by atoms with Gasteiger partial charge in [-0.25, -0.2) is 4.99 Å². The van der Waals surface area contributed by atoms with Crippen LogP contribution in [0.25, 0.3) is 0 Å². The van der Waals surface area contributed by atoms with E-state index in [1.54, 1.807) is 0 Å². The Kier molecular flexibility index (Phi) is 2.36. The number of halogens is 1. The van der Waals surface area contributed by atoms with E-state index in [0.717, 1.165) is 22.5 Å². The average Bonchev–Trinajstić information content (AvgIpc) is 2.49. The molecular formula is C10H10BrNO. The predicted octanol–water partition coefficient (Wildman–Crippen LogP) is 2.75. The Morgan fingerprint density at radius 3 is 3.15 bits per heavy atom. The topological polar surface area (TPSA) is 21.6 Å². The molecule has 0 spiro atoms. The van der Waals surface area contributed by atoms with Gasteiger partial charge < -0.3 is 4.74 Å². The van der Waals surface area contributed by atoms with Gasteiger partial charge >= 0.3 is 0 Å². The largest absolute Gasteiger partial charge is 0.478 e. The molecule has 1 aromatic rings. The minimum atomic E-state index is 0.675. The highest BCUT2D eigenvalue weighted by atomic mass is 79.9. The number of nitrogens with zero attached hydrogens (tertiary/aromatic N) is 1. The van der Waals surface area contributed by atoms with E-state index in [-0.39, 0.29) is 0 Å². The van der Waals surface area contributed by atoms with E-state index in [1.807, 2.05) is 19.1 Å². The molecule has 3 heteroatoms. The molecule has 0 bridgehead atoms. The summed E-state index contributed by atoms with van der Waals surface area (Å²) in [5.41, 5.74) is 2.36. The monoisotopic (exact) mass is 239 g/mol. The maximum absolute atomic E-state index is 5.40. The van der Waals surface area contributed by atoms with Gasteiger partial charge in [-0.2, -0.15) is 0 Å². The molecule has 0 atom stereocenters. The van der Waals surface area contributed by atoms with Crippen LogP contribution in [0.3, 0.4) is 0 Å². The number of benzene rings is 1. The van der Waals surface area contributed by atoms with Crippen molar-refractivity contribution >= 4 is 21.8 Å². The van der Waals surface area contributed by atoms with Gasteiger partial charge in [-0.15, -0.1) is 0 Å². The van der Waals surface area contributed by atoms with E-state index in [1.165, 1.54) is 5.56 Å². The highest BCUT2D eigenvalue weighted by Crippen LogP contribution is 2.23. The molecule has 0 unspecified atom stereocenters. The summed E-state index contributed by atoms with van der Waals surface area (Å²) >= 11 is 3.43. The molecule has 0 saturated heterocycles. The zero-order valence-corrected chi connectivity index (χ0v) is 8.97. The molecule has 13 heavy (non-hydrogen) atoms. The molecule has 0 aliphatic carbocycles. The summed E-state index contributed by atoms with van der Waals surface area (Å²) in [6.45, 7) is 3.39. The first-order chi connectivity index (χ1) is 6.31. The lowest BCUT2D eigenvalue weighted by Crippen LogP contribution is -2.03. The molecular weight excluding hydrogens is 230 g/mol. The zero-order valence-electron chi connectivity index (χ0n) is 7.38. The van der Waals surface area contributed by atoms with E-state index in [4.69, 9.17) is 4.74 Å². The van der Waals surface area contributed by atoms with Crippen molar-refractivity contribution in [1.29, 1.82) is 0 Å². The molecule has 2 rings (SSSR count). The van der Waals surface area contributed by atoms with E-state index < -0.39 is 0 Å². The predicted molar refractivity (Wildman–Crippen MR) is 56.0 cm³/mol. The lowest BCUT2D eigenvalue weighted by atomic mass is 10.1. The number of hydrogen-bond acceptors (Lipinski definition) is 2. The first kappa shape index (κ1) is 8.75. The van der Waals surface area contributed by atoms with Crippen LogP contribution in [0.1, 0.15) is 18.1 Å². The van der Waals surface area contributed by atoms with Crippen molar-refractivity contribution in [3.05, 3.63) is 33.8 Å². The fourth-order valence-electron chi connectivity index (χ4n) is 1.40. The van der Waals surface area contributed by atoms with Crippen molar-refractivity contribution in [2.75, 3.05) is 6.61 Å². The van der Waals surface area contributed by atoms with Crippen LogP contribution < -0.4 is 0 Å². The van der Waals surface area contributed by atoms with Crippen molar-refractivity contribution in [1.82, 2.24) is 0 Å². The molecule has 0 radical (unpaired) electrons. The van der Waals surface area contributed by atoms with E-state index >= 15 is 0 Å². The summed E-state index contributed by atoms with van der Waals surface area (Å²) < 4.78 is 6.50. The van der Waals surface area contributed by atoms with Crippen molar-refractivity contribution in [2.45, 2.75) is 13.5 Å². The molecule has 0 N–H and O–H groups in total. The number of aliphatic imine (C=N–C) groups is 1. The van der Waals surface area contributed by atoms with Crippen molar-refractivity contribution in [3.63, 3.8) is 0 Å². The molecule has 0 amide bonds. The smallest absolute Gasteiger partial charge is 0.216 e.